The Balaban J connectivity index is 1.72. The van der Waals surface area contributed by atoms with Gasteiger partial charge >= 0.3 is 0 Å². The van der Waals surface area contributed by atoms with Crippen LogP contribution in [0.3, 0.4) is 0 Å². The number of aliphatic hydroxyl groups excluding tert-OH is 1. The van der Waals surface area contributed by atoms with Crippen molar-refractivity contribution in [1.29, 1.82) is 0 Å². The topological polar surface area (TPSA) is 100 Å². The smallest absolute Gasteiger partial charge is 0.296 e. The first-order chi connectivity index (χ1) is 16.5. The summed E-state index contributed by atoms with van der Waals surface area (Å²) in [5.74, 6) is -1.27. The Kier molecular flexibility index (Phi) is 5.30. The van der Waals surface area contributed by atoms with E-state index in [1.165, 1.54) is 24.3 Å². The average Bonchev–Trinajstić information content (AvgIpc) is 3.45. The van der Waals surface area contributed by atoms with Crippen LogP contribution in [0.1, 0.15) is 22.9 Å². The van der Waals surface area contributed by atoms with Crippen molar-refractivity contribution in [2.45, 2.75) is 12.6 Å². The van der Waals surface area contributed by atoms with Crippen molar-refractivity contribution < 1.29 is 29.0 Å². The highest BCUT2D eigenvalue weighted by Crippen LogP contribution is 2.43. The molecule has 1 atom stereocenters. The molecule has 0 bridgehead atoms. The number of ether oxygens (including phenoxy) is 1. The van der Waals surface area contributed by atoms with Crippen molar-refractivity contribution >= 4 is 28.2 Å². The van der Waals surface area contributed by atoms with Crippen molar-refractivity contribution in [3.8, 4) is 11.5 Å². The molecule has 170 valence electrons. The van der Waals surface area contributed by atoms with Gasteiger partial charge in [0.05, 0.1) is 31.5 Å². The van der Waals surface area contributed by atoms with Gasteiger partial charge in [-0.1, -0.05) is 48.5 Å². The predicted octanol–water partition coefficient (Wildman–Crippen LogP) is 4.77. The van der Waals surface area contributed by atoms with E-state index in [9.17, 15) is 19.8 Å². The van der Waals surface area contributed by atoms with E-state index in [0.717, 1.165) is 10.8 Å². The number of aliphatic hydroxyl groups is 1. The first kappa shape index (κ1) is 21.3. The number of rotatable bonds is 5. The summed E-state index contributed by atoms with van der Waals surface area (Å²) in [7, 11) is 1.43. The fourth-order valence-corrected chi connectivity index (χ4v) is 4.41. The number of furan rings is 1. The third-order valence-electron chi connectivity index (χ3n) is 6.01. The summed E-state index contributed by atoms with van der Waals surface area (Å²) in [6.45, 7) is 0.0152. The minimum Gasteiger partial charge on any atom is -0.507 e. The second kappa shape index (κ2) is 8.44. The summed E-state index contributed by atoms with van der Waals surface area (Å²) in [6, 6.07) is 20.0. The monoisotopic (exact) mass is 455 g/mol. The molecule has 34 heavy (non-hydrogen) atoms. The van der Waals surface area contributed by atoms with Crippen molar-refractivity contribution in [3.63, 3.8) is 0 Å². The molecule has 1 aliphatic rings. The van der Waals surface area contributed by atoms with E-state index in [2.05, 4.69) is 0 Å². The Labute approximate surface area is 195 Å². The number of carbonyl (C=O) groups excluding carboxylic acids is 2. The molecule has 1 aliphatic heterocycles. The predicted molar refractivity (Wildman–Crippen MR) is 125 cm³/mol. The summed E-state index contributed by atoms with van der Waals surface area (Å²) in [5.41, 5.74) is 0.833. The maximum Gasteiger partial charge on any atom is 0.296 e. The van der Waals surface area contributed by atoms with Gasteiger partial charge < -0.3 is 24.3 Å². The highest BCUT2D eigenvalue weighted by molar-refractivity contribution is 6.46. The molecular formula is C27H21NO6. The number of benzene rings is 3. The Bertz CT molecular complexity index is 1430. The third-order valence-corrected chi connectivity index (χ3v) is 6.01. The van der Waals surface area contributed by atoms with Crippen LogP contribution in [0.5, 0.6) is 11.5 Å². The molecule has 1 saturated heterocycles. The Hall–Kier alpha value is -4.52. The average molecular weight is 455 g/mol. The number of Topliss-reactive ketones (excluding diaryl/α,β-unsaturated/α-hetero) is 1. The van der Waals surface area contributed by atoms with Gasteiger partial charge in [-0.05, 0) is 40.6 Å². The number of hydrogen-bond acceptors (Lipinski definition) is 6. The summed E-state index contributed by atoms with van der Waals surface area (Å²) < 4.78 is 10.5. The molecule has 0 spiro atoms. The lowest BCUT2D eigenvalue weighted by atomic mass is 9.93. The molecule has 2 heterocycles. The molecule has 3 aromatic carbocycles. The van der Waals surface area contributed by atoms with E-state index in [4.69, 9.17) is 9.15 Å². The summed E-state index contributed by atoms with van der Waals surface area (Å²) >= 11 is 0. The molecule has 0 aliphatic carbocycles. The van der Waals surface area contributed by atoms with Gasteiger partial charge in [0.25, 0.3) is 11.7 Å². The van der Waals surface area contributed by atoms with E-state index < -0.39 is 17.7 Å². The van der Waals surface area contributed by atoms with Crippen LogP contribution < -0.4 is 4.74 Å². The molecule has 7 heteroatoms. The highest BCUT2D eigenvalue weighted by atomic mass is 16.5. The number of ketones is 1. The van der Waals surface area contributed by atoms with Gasteiger partial charge in [0.15, 0.2) is 11.5 Å². The van der Waals surface area contributed by atoms with Crippen LogP contribution in [0.25, 0.3) is 16.5 Å². The molecule has 7 nitrogen and oxygen atoms in total. The molecule has 2 N–H and O–H groups in total. The molecule has 5 rings (SSSR count). The zero-order valence-corrected chi connectivity index (χ0v) is 18.3. The maximum atomic E-state index is 13.3. The molecule has 1 fully saturated rings. The first-order valence-electron chi connectivity index (χ1n) is 10.7. The third kappa shape index (κ3) is 3.47. The molecule has 4 aromatic rings. The SMILES string of the molecule is COc1ccc(C2/C(=C(/O)c3cccc4ccccc34)C(=O)C(=O)N2Cc2ccco2)cc1O. The number of methoxy groups -OCH3 is 1. The van der Waals surface area contributed by atoms with Gasteiger partial charge in [-0.25, -0.2) is 0 Å². The van der Waals surface area contributed by atoms with Gasteiger partial charge in [-0.15, -0.1) is 0 Å². The van der Waals surface area contributed by atoms with E-state index in [0.29, 0.717) is 16.9 Å². The van der Waals surface area contributed by atoms with Crippen LogP contribution in [0, 0.1) is 0 Å². The van der Waals surface area contributed by atoms with Gasteiger partial charge in [0, 0.05) is 5.56 Å². The zero-order chi connectivity index (χ0) is 23.8. The molecular weight excluding hydrogens is 434 g/mol. The highest BCUT2D eigenvalue weighted by Gasteiger charge is 2.46. The lowest BCUT2D eigenvalue weighted by molar-refractivity contribution is -0.140. The Morgan fingerprint density at radius 3 is 2.56 bits per heavy atom. The first-order valence-corrected chi connectivity index (χ1v) is 10.7. The number of likely N-dealkylation sites (tertiary alicyclic amines) is 1. The normalized spacial score (nSPS) is 17.4. The van der Waals surface area contributed by atoms with Gasteiger partial charge in [0.1, 0.15) is 11.5 Å². The van der Waals surface area contributed by atoms with Crippen LogP contribution in [0.2, 0.25) is 0 Å². The molecule has 1 amide bonds. The summed E-state index contributed by atoms with van der Waals surface area (Å²) in [4.78, 5) is 27.7. The number of fused-ring (bicyclic) bond motifs is 1. The number of aromatic hydroxyl groups is 1. The fourth-order valence-electron chi connectivity index (χ4n) is 4.41. The van der Waals surface area contributed by atoms with Crippen LogP contribution in [0.15, 0.2) is 89.0 Å². The molecule has 1 aromatic heterocycles. The molecule has 0 saturated carbocycles. The second-order valence-corrected chi connectivity index (χ2v) is 7.96. The number of hydrogen-bond donors (Lipinski definition) is 2. The Morgan fingerprint density at radius 2 is 1.82 bits per heavy atom. The molecule has 1 unspecified atom stereocenters. The lowest BCUT2D eigenvalue weighted by Crippen LogP contribution is -2.29. The standard InChI is InChI=1S/C27H21NO6/c1-33-22-12-11-17(14-21(22)29)24-23(26(31)27(32)28(24)15-18-8-5-13-34-18)25(30)20-10-4-7-16-6-2-3-9-19(16)20/h2-14,24,29-30H,15H2,1H3/b25-23-. The quantitative estimate of drug-likeness (QED) is 0.255. The van der Waals surface area contributed by atoms with Crippen molar-refractivity contribution in [3.05, 3.63) is 102 Å². The van der Waals surface area contributed by atoms with E-state index >= 15 is 0 Å². The number of phenolic OH excluding ortho intramolecular Hbond substituents is 1. The number of amides is 1. The number of phenols is 1. The lowest BCUT2D eigenvalue weighted by Gasteiger charge is -2.25. The minimum absolute atomic E-state index is 0.0152. The van der Waals surface area contributed by atoms with E-state index in [-0.39, 0.29) is 29.4 Å². The van der Waals surface area contributed by atoms with Crippen LogP contribution >= 0.6 is 0 Å². The summed E-state index contributed by atoms with van der Waals surface area (Å²) in [5, 5.41) is 23.5. The van der Waals surface area contributed by atoms with Gasteiger partial charge in [-0.2, -0.15) is 0 Å². The van der Waals surface area contributed by atoms with Gasteiger partial charge in [-0.3, -0.25) is 9.59 Å². The van der Waals surface area contributed by atoms with Crippen LogP contribution in [0.4, 0.5) is 0 Å². The number of carbonyl (C=O) groups is 2. The van der Waals surface area contributed by atoms with Crippen molar-refractivity contribution in [2.75, 3.05) is 7.11 Å². The summed E-state index contributed by atoms with van der Waals surface area (Å²) in [6.07, 6.45) is 1.48. The van der Waals surface area contributed by atoms with E-state index in [1.54, 1.807) is 36.4 Å². The van der Waals surface area contributed by atoms with Crippen LogP contribution in [-0.2, 0) is 16.1 Å². The maximum absolute atomic E-state index is 13.3. The van der Waals surface area contributed by atoms with Crippen LogP contribution in [-0.4, -0.2) is 33.9 Å². The van der Waals surface area contributed by atoms with E-state index in [1.807, 2.05) is 30.3 Å². The fraction of sp³-hybridized carbons (Fsp3) is 0.111. The van der Waals surface area contributed by atoms with Gasteiger partial charge in [0.2, 0.25) is 0 Å². The molecule has 0 radical (unpaired) electrons. The Morgan fingerprint density at radius 1 is 1.03 bits per heavy atom. The largest absolute Gasteiger partial charge is 0.507 e. The van der Waals surface area contributed by atoms with Crippen molar-refractivity contribution in [2.24, 2.45) is 0 Å². The second-order valence-electron chi connectivity index (χ2n) is 7.96. The zero-order valence-electron chi connectivity index (χ0n) is 18.3. The minimum atomic E-state index is -0.944. The number of nitrogens with zero attached hydrogens (tertiary/aromatic N) is 1. The van der Waals surface area contributed by atoms with Crippen molar-refractivity contribution in [1.82, 2.24) is 4.90 Å².